The van der Waals surface area contributed by atoms with Crippen LogP contribution in [0, 0.1) is 6.92 Å². The second-order valence-electron chi connectivity index (χ2n) is 3.31. The summed E-state index contributed by atoms with van der Waals surface area (Å²) in [4.78, 5) is 16.1. The van der Waals surface area contributed by atoms with Crippen LogP contribution in [0.4, 0.5) is 0 Å². The average molecular weight is 218 g/mol. The standard InChI is InChI=1S/C10H10N4O2/c1-7-3-5-9(6-4-7)10-11-13-14(12-10)16-8(2)15/h3-6H,1-2H3. The Morgan fingerprint density at radius 1 is 1.31 bits per heavy atom. The zero-order valence-electron chi connectivity index (χ0n) is 8.91. The fourth-order valence-electron chi connectivity index (χ4n) is 1.17. The van der Waals surface area contributed by atoms with Gasteiger partial charge < -0.3 is 4.84 Å². The van der Waals surface area contributed by atoms with Crippen molar-refractivity contribution in [3.8, 4) is 11.4 Å². The van der Waals surface area contributed by atoms with Crippen molar-refractivity contribution in [3.63, 3.8) is 0 Å². The number of hydrogen-bond acceptors (Lipinski definition) is 5. The van der Waals surface area contributed by atoms with Crippen molar-refractivity contribution in [2.45, 2.75) is 13.8 Å². The number of nitrogens with zero attached hydrogens (tertiary/aromatic N) is 4. The molecule has 1 aromatic heterocycles. The average Bonchev–Trinajstić information content (AvgIpc) is 2.66. The van der Waals surface area contributed by atoms with E-state index in [-0.39, 0.29) is 0 Å². The molecule has 82 valence electrons. The van der Waals surface area contributed by atoms with Gasteiger partial charge in [-0.2, -0.15) is 0 Å². The molecule has 2 rings (SSSR count). The van der Waals surface area contributed by atoms with Crippen molar-refractivity contribution in [2.24, 2.45) is 0 Å². The van der Waals surface area contributed by atoms with E-state index in [1.54, 1.807) is 0 Å². The molecule has 0 unspecified atom stereocenters. The number of carbonyl (C=O) groups is 1. The topological polar surface area (TPSA) is 69.9 Å². The van der Waals surface area contributed by atoms with E-state index in [4.69, 9.17) is 0 Å². The van der Waals surface area contributed by atoms with Crippen molar-refractivity contribution in [3.05, 3.63) is 29.8 Å². The van der Waals surface area contributed by atoms with Crippen LogP contribution in [0.25, 0.3) is 11.4 Å². The van der Waals surface area contributed by atoms with E-state index in [9.17, 15) is 4.79 Å². The van der Waals surface area contributed by atoms with Crippen molar-refractivity contribution < 1.29 is 9.63 Å². The Hall–Kier alpha value is -2.24. The lowest BCUT2D eigenvalue weighted by atomic mass is 10.1. The summed E-state index contributed by atoms with van der Waals surface area (Å²) in [5.41, 5.74) is 1.97. The summed E-state index contributed by atoms with van der Waals surface area (Å²) < 4.78 is 0. The predicted octanol–water partition coefficient (Wildman–Crippen LogP) is 0.624. The highest BCUT2D eigenvalue weighted by Gasteiger charge is 2.07. The van der Waals surface area contributed by atoms with Gasteiger partial charge in [-0.15, -0.1) is 5.10 Å². The molecular weight excluding hydrogens is 208 g/mol. The molecule has 0 aliphatic carbocycles. The zero-order valence-corrected chi connectivity index (χ0v) is 8.91. The van der Waals surface area contributed by atoms with Crippen LogP contribution in [0.15, 0.2) is 24.3 Å². The summed E-state index contributed by atoms with van der Waals surface area (Å²) in [6.07, 6.45) is 0. The molecule has 0 atom stereocenters. The molecule has 0 spiro atoms. The van der Waals surface area contributed by atoms with E-state index in [0.717, 1.165) is 16.1 Å². The van der Waals surface area contributed by atoms with Crippen LogP contribution in [0.5, 0.6) is 0 Å². The van der Waals surface area contributed by atoms with E-state index in [1.807, 2.05) is 31.2 Å². The van der Waals surface area contributed by atoms with E-state index < -0.39 is 5.97 Å². The van der Waals surface area contributed by atoms with Gasteiger partial charge in [-0.3, -0.25) is 0 Å². The van der Waals surface area contributed by atoms with Crippen molar-refractivity contribution >= 4 is 5.97 Å². The molecule has 6 nitrogen and oxygen atoms in total. The van der Waals surface area contributed by atoms with E-state index >= 15 is 0 Å². The van der Waals surface area contributed by atoms with Crippen LogP contribution in [-0.4, -0.2) is 26.3 Å². The quantitative estimate of drug-likeness (QED) is 0.691. The highest BCUT2D eigenvalue weighted by Crippen LogP contribution is 2.13. The van der Waals surface area contributed by atoms with Crippen molar-refractivity contribution in [1.29, 1.82) is 0 Å². The lowest BCUT2D eigenvalue weighted by molar-refractivity contribution is -0.145. The van der Waals surface area contributed by atoms with Crippen LogP contribution in [0.3, 0.4) is 0 Å². The highest BCUT2D eigenvalue weighted by atomic mass is 16.7. The molecule has 0 bridgehead atoms. The smallest absolute Gasteiger partial charge is 0.301 e. The monoisotopic (exact) mass is 218 g/mol. The molecular formula is C10H10N4O2. The van der Waals surface area contributed by atoms with E-state index in [2.05, 4.69) is 20.2 Å². The zero-order chi connectivity index (χ0) is 11.5. The number of aryl methyl sites for hydroxylation is 1. The van der Waals surface area contributed by atoms with Gasteiger partial charge in [-0.1, -0.05) is 34.9 Å². The highest BCUT2D eigenvalue weighted by molar-refractivity contribution is 5.66. The number of hydrogen-bond donors (Lipinski definition) is 0. The molecule has 1 heterocycles. The Balaban J connectivity index is 2.24. The third-order valence-corrected chi connectivity index (χ3v) is 1.92. The van der Waals surface area contributed by atoms with E-state index in [0.29, 0.717) is 5.82 Å². The molecule has 0 fully saturated rings. The minimum Gasteiger partial charge on any atom is -0.301 e. The van der Waals surface area contributed by atoms with Gasteiger partial charge in [0, 0.05) is 17.4 Å². The molecule has 0 N–H and O–H groups in total. The molecule has 0 saturated heterocycles. The maximum absolute atomic E-state index is 10.7. The number of tetrazole rings is 1. The number of benzene rings is 1. The van der Waals surface area contributed by atoms with Gasteiger partial charge in [0.2, 0.25) is 5.82 Å². The second kappa shape index (κ2) is 4.09. The minimum atomic E-state index is -0.493. The molecule has 0 saturated carbocycles. The van der Waals surface area contributed by atoms with Crippen LogP contribution < -0.4 is 4.84 Å². The van der Waals surface area contributed by atoms with Gasteiger partial charge in [0.05, 0.1) is 0 Å². The molecule has 0 aliphatic heterocycles. The Kier molecular flexibility index (Phi) is 2.63. The molecule has 6 heteroatoms. The first kappa shape index (κ1) is 10.3. The lowest BCUT2D eigenvalue weighted by Crippen LogP contribution is -2.19. The first-order valence-corrected chi connectivity index (χ1v) is 4.71. The molecule has 1 aromatic carbocycles. The predicted molar refractivity (Wildman–Crippen MR) is 55.3 cm³/mol. The van der Waals surface area contributed by atoms with Gasteiger partial charge >= 0.3 is 5.97 Å². The van der Waals surface area contributed by atoms with Crippen molar-refractivity contribution in [2.75, 3.05) is 0 Å². The summed E-state index contributed by atoms with van der Waals surface area (Å²) in [7, 11) is 0. The maximum atomic E-state index is 10.7. The molecule has 0 amide bonds. The Labute approximate surface area is 91.8 Å². The fourth-order valence-corrected chi connectivity index (χ4v) is 1.17. The van der Waals surface area contributed by atoms with E-state index in [1.165, 1.54) is 6.92 Å². The third kappa shape index (κ3) is 2.22. The first-order chi connectivity index (χ1) is 7.65. The summed E-state index contributed by atoms with van der Waals surface area (Å²) in [5, 5.41) is 11.3. The third-order valence-electron chi connectivity index (χ3n) is 1.92. The van der Waals surface area contributed by atoms with Gasteiger partial charge in [0.25, 0.3) is 0 Å². The molecule has 0 radical (unpaired) electrons. The normalized spacial score (nSPS) is 10.1. The first-order valence-electron chi connectivity index (χ1n) is 4.71. The summed E-state index contributed by atoms with van der Waals surface area (Å²) in [5.74, 6) is -0.0749. The SMILES string of the molecule is CC(=O)On1nnc(-c2ccc(C)cc2)n1. The largest absolute Gasteiger partial charge is 0.333 e. The number of rotatable bonds is 2. The maximum Gasteiger partial charge on any atom is 0.333 e. The van der Waals surface area contributed by atoms with Crippen LogP contribution in [-0.2, 0) is 4.79 Å². The number of aromatic nitrogens is 4. The lowest BCUT2D eigenvalue weighted by Gasteiger charge is -1.95. The van der Waals surface area contributed by atoms with Gasteiger partial charge in [-0.25, -0.2) is 4.79 Å². The molecule has 16 heavy (non-hydrogen) atoms. The summed E-state index contributed by atoms with van der Waals surface area (Å²) in [6.45, 7) is 3.27. The summed E-state index contributed by atoms with van der Waals surface area (Å²) in [6, 6.07) is 7.65. The fraction of sp³-hybridized carbons (Fsp3) is 0.200. The number of carbonyl (C=O) groups excluding carboxylic acids is 1. The minimum absolute atomic E-state index is 0.418. The van der Waals surface area contributed by atoms with Crippen LogP contribution in [0.2, 0.25) is 0 Å². The van der Waals surface area contributed by atoms with Gasteiger partial charge in [0.1, 0.15) is 0 Å². The Morgan fingerprint density at radius 2 is 2.00 bits per heavy atom. The second-order valence-corrected chi connectivity index (χ2v) is 3.31. The Bertz CT molecular complexity index is 504. The summed E-state index contributed by atoms with van der Waals surface area (Å²) >= 11 is 0. The van der Waals surface area contributed by atoms with Crippen LogP contribution in [0.1, 0.15) is 12.5 Å². The molecule has 0 aliphatic rings. The van der Waals surface area contributed by atoms with Gasteiger partial charge in [-0.05, 0) is 12.1 Å². The van der Waals surface area contributed by atoms with Crippen LogP contribution >= 0.6 is 0 Å². The van der Waals surface area contributed by atoms with Crippen molar-refractivity contribution in [1.82, 2.24) is 20.4 Å². The Morgan fingerprint density at radius 3 is 2.62 bits per heavy atom. The van der Waals surface area contributed by atoms with Gasteiger partial charge in [0.15, 0.2) is 0 Å². The molecule has 2 aromatic rings.